The number of hydrogen-bond donors (Lipinski definition) is 1. The van der Waals surface area contributed by atoms with Crippen LogP contribution in [0.15, 0.2) is 23.4 Å². The Kier molecular flexibility index (Phi) is 5.36. The topological polar surface area (TPSA) is 59.1 Å². The molecule has 17 heavy (non-hydrogen) atoms. The second-order valence-electron chi connectivity index (χ2n) is 4.24. The fraction of sp³-hybridized carbons (Fsp3) is 0.545. The van der Waals surface area contributed by atoms with Crippen molar-refractivity contribution < 1.29 is 8.42 Å². The zero-order chi connectivity index (χ0) is 12.9. The Hall–Kier alpha value is -0.650. The Bertz CT molecular complexity index is 460. The molecule has 0 aliphatic heterocycles. The second-order valence-corrected chi connectivity index (χ2v) is 6.38. The molecule has 0 radical (unpaired) electrons. The summed E-state index contributed by atoms with van der Waals surface area (Å²) in [5.74, 6) is 0.571. The van der Waals surface area contributed by atoms with Crippen molar-refractivity contribution in [3.05, 3.63) is 23.5 Å². The predicted octanol–water partition coefficient (Wildman–Crippen LogP) is 2.45. The molecule has 1 heterocycles. The van der Waals surface area contributed by atoms with Crippen LogP contribution in [0.1, 0.15) is 26.7 Å². The summed E-state index contributed by atoms with van der Waals surface area (Å²) in [5.41, 5.74) is 0. The number of pyridine rings is 1. The van der Waals surface area contributed by atoms with Crippen molar-refractivity contribution in [2.24, 2.45) is 5.92 Å². The maximum atomic E-state index is 11.9. The molecule has 0 aromatic carbocycles. The highest BCUT2D eigenvalue weighted by atomic mass is 35.5. The van der Waals surface area contributed by atoms with Crippen LogP contribution in [0.3, 0.4) is 0 Å². The van der Waals surface area contributed by atoms with Crippen LogP contribution < -0.4 is 4.72 Å². The molecular weight excluding hydrogens is 260 g/mol. The first-order valence-corrected chi connectivity index (χ1v) is 7.39. The predicted molar refractivity (Wildman–Crippen MR) is 68.5 cm³/mol. The van der Waals surface area contributed by atoms with E-state index in [9.17, 15) is 8.42 Å². The molecule has 4 nitrogen and oxygen atoms in total. The van der Waals surface area contributed by atoms with Gasteiger partial charge in [-0.05, 0) is 24.8 Å². The number of sulfonamides is 1. The summed E-state index contributed by atoms with van der Waals surface area (Å²) < 4.78 is 26.2. The van der Waals surface area contributed by atoms with Crippen LogP contribution in [-0.2, 0) is 10.0 Å². The number of rotatable bonds is 6. The zero-order valence-electron chi connectivity index (χ0n) is 9.98. The summed E-state index contributed by atoms with van der Waals surface area (Å²) in [6.07, 6.45) is 4.52. The monoisotopic (exact) mass is 276 g/mol. The van der Waals surface area contributed by atoms with Gasteiger partial charge >= 0.3 is 0 Å². The van der Waals surface area contributed by atoms with E-state index in [1.165, 1.54) is 18.5 Å². The van der Waals surface area contributed by atoms with Gasteiger partial charge in [0.25, 0.3) is 0 Å². The molecule has 0 saturated carbocycles. The molecule has 0 atom stereocenters. The van der Waals surface area contributed by atoms with Gasteiger partial charge in [0.2, 0.25) is 10.0 Å². The van der Waals surface area contributed by atoms with Gasteiger partial charge in [-0.1, -0.05) is 25.4 Å². The molecule has 1 aromatic heterocycles. The summed E-state index contributed by atoms with van der Waals surface area (Å²) in [6, 6.07) is 1.46. The lowest BCUT2D eigenvalue weighted by atomic mass is 10.1. The van der Waals surface area contributed by atoms with E-state index in [2.05, 4.69) is 23.6 Å². The lowest BCUT2D eigenvalue weighted by Crippen LogP contribution is -2.25. The number of nitrogens with zero attached hydrogens (tertiary/aromatic N) is 1. The van der Waals surface area contributed by atoms with E-state index >= 15 is 0 Å². The van der Waals surface area contributed by atoms with Crippen molar-refractivity contribution in [3.63, 3.8) is 0 Å². The Morgan fingerprint density at radius 3 is 2.76 bits per heavy atom. The van der Waals surface area contributed by atoms with Gasteiger partial charge in [-0.2, -0.15) is 0 Å². The number of nitrogens with one attached hydrogen (secondary N) is 1. The Balaban J connectivity index is 2.61. The highest BCUT2D eigenvalue weighted by molar-refractivity contribution is 7.89. The van der Waals surface area contributed by atoms with Gasteiger partial charge in [0, 0.05) is 18.9 Å². The fourth-order valence-corrected chi connectivity index (χ4v) is 2.86. The minimum Gasteiger partial charge on any atom is -0.263 e. The van der Waals surface area contributed by atoms with Gasteiger partial charge in [0.05, 0.1) is 5.02 Å². The van der Waals surface area contributed by atoms with Crippen LogP contribution in [0.5, 0.6) is 0 Å². The summed E-state index contributed by atoms with van der Waals surface area (Å²) in [6.45, 7) is 4.63. The molecule has 0 aliphatic rings. The molecule has 6 heteroatoms. The molecular formula is C11H17ClN2O2S. The van der Waals surface area contributed by atoms with E-state index in [-0.39, 0.29) is 9.92 Å². The van der Waals surface area contributed by atoms with Crippen molar-refractivity contribution in [1.29, 1.82) is 0 Å². The molecule has 1 rings (SSSR count). The smallest absolute Gasteiger partial charge is 0.243 e. The van der Waals surface area contributed by atoms with Crippen molar-refractivity contribution in [3.8, 4) is 0 Å². The molecule has 1 aromatic rings. The fourth-order valence-electron chi connectivity index (χ4n) is 1.36. The largest absolute Gasteiger partial charge is 0.263 e. The minimum absolute atomic E-state index is 0.0335. The van der Waals surface area contributed by atoms with E-state index in [1.807, 2.05) is 0 Å². The van der Waals surface area contributed by atoms with Gasteiger partial charge < -0.3 is 0 Å². The Morgan fingerprint density at radius 2 is 2.18 bits per heavy atom. The van der Waals surface area contributed by atoms with Crippen molar-refractivity contribution in [2.45, 2.75) is 31.6 Å². The van der Waals surface area contributed by atoms with E-state index in [0.29, 0.717) is 12.5 Å². The SMILES string of the molecule is CC(C)CCCNS(=O)(=O)c1cnccc1Cl. The molecule has 0 spiro atoms. The van der Waals surface area contributed by atoms with Gasteiger partial charge in [-0.3, -0.25) is 4.98 Å². The van der Waals surface area contributed by atoms with Gasteiger partial charge in [-0.15, -0.1) is 0 Å². The number of aromatic nitrogens is 1. The third kappa shape index (κ3) is 4.61. The molecule has 0 fully saturated rings. The van der Waals surface area contributed by atoms with Crippen LogP contribution in [0.25, 0.3) is 0 Å². The molecule has 0 bridgehead atoms. The van der Waals surface area contributed by atoms with Crippen molar-refractivity contribution in [2.75, 3.05) is 6.54 Å². The zero-order valence-corrected chi connectivity index (χ0v) is 11.6. The molecule has 0 aliphatic carbocycles. The quantitative estimate of drug-likeness (QED) is 0.812. The van der Waals surface area contributed by atoms with Crippen LogP contribution >= 0.6 is 11.6 Å². The number of hydrogen-bond acceptors (Lipinski definition) is 3. The first kappa shape index (κ1) is 14.4. The summed E-state index contributed by atoms with van der Waals surface area (Å²) >= 11 is 5.81. The normalized spacial score (nSPS) is 12.0. The van der Waals surface area contributed by atoms with E-state index in [4.69, 9.17) is 11.6 Å². The summed E-state index contributed by atoms with van der Waals surface area (Å²) in [4.78, 5) is 3.80. The molecule has 0 amide bonds. The van der Waals surface area contributed by atoms with Crippen LogP contribution in [0.2, 0.25) is 5.02 Å². The Labute approximate surface area is 107 Å². The Morgan fingerprint density at radius 1 is 1.47 bits per heavy atom. The van der Waals surface area contributed by atoms with Gasteiger partial charge in [0.15, 0.2) is 0 Å². The first-order valence-electron chi connectivity index (χ1n) is 5.52. The summed E-state index contributed by atoms with van der Waals surface area (Å²) in [5, 5.41) is 0.191. The molecule has 1 N–H and O–H groups in total. The standard InChI is InChI=1S/C11H17ClN2O2S/c1-9(2)4-3-6-14-17(15,16)11-8-13-7-5-10(11)12/h5,7-9,14H,3-4,6H2,1-2H3. The minimum atomic E-state index is -3.53. The third-order valence-electron chi connectivity index (χ3n) is 2.27. The third-order valence-corrected chi connectivity index (χ3v) is 4.20. The lowest BCUT2D eigenvalue weighted by molar-refractivity contribution is 0.540. The average molecular weight is 277 g/mol. The van der Waals surface area contributed by atoms with Crippen LogP contribution in [0.4, 0.5) is 0 Å². The molecule has 0 saturated heterocycles. The van der Waals surface area contributed by atoms with Gasteiger partial charge in [-0.25, -0.2) is 13.1 Å². The van der Waals surface area contributed by atoms with E-state index in [1.54, 1.807) is 0 Å². The highest BCUT2D eigenvalue weighted by Crippen LogP contribution is 2.18. The van der Waals surface area contributed by atoms with E-state index < -0.39 is 10.0 Å². The lowest BCUT2D eigenvalue weighted by Gasteiger charge is -2.08. The van der Waals surface area contributed by atoms with Crippen LogP contribution in [-0.4, -0.2) is 19.9 Å². The highest BCUT2D eigenvalue weighted by Gasteiger charge is 2.17. The molecule has 96 valence electrons. The average Bonchev–Trinajstić information content (AvgIpc) is 2.24. The summed E-state index contributed by atoms with van der Waals surface area (Å²) in [7, 11) is -3.53. The van der Waals surface area contributed by atoms with E-state index in [0.717, 1.165) is 12.8 Å². The van der Waals surface area contributed by atoms with Crippen molar-refractivity contribution >= 4 is 21.6 Å². The van der Waals surface area contributed by atoms with Crippen LogP contribution in [0, 0.1) is 5.92 Å². The first-order chi connectivity index (χ1) is 7.93. The van der Waals surface area contributed by atoms with Gasteiger partial charge in [0.1, 0.15) is 4.90 Å². The van der Waals surface area contributed by atoms with Crippen molar-refractivity contribution in [1.82, 2.24) is 9.71 Å². The maximum absolute atomic E-state index is 11.9. The second kappa shape index (κ2) is 6.33. The maximum Gasteiger partial charge on any atom is 0.243 e. The number of halogens is 1. The molecule has 0 unspecified atom stereocenters.